The number of methoxy groups -OCH3 is 1. The van der Waals surface area contributed by atoms with E-state index in [1.807, 2.05) is 6.07 Å². The van der Waals surface area contributed by atoms with E-state index in [1.165, 1.54) is 11.3 Å². The van der Waals surface area contributed by atoms with Gasteiger partial charge in [-0.3, -0.25) is 0 Å². The highest BCUT2D eigenvalue weighted by Crippen LogP contribution is 2.35. The van der Waals surface area contributed by atoms with Gasteiger partial charge in [-0.1, -0.05) is 36.4 Å². The first-order valence-corrected chi connectivity index (χ1v) is 7.55. The molecule has 0 aromatic heterocycles. The van der Waals surface area contributed by atoms with E-state index in [2.05, 4.69) is 58.7 Å². The molecule has 1 atom stereocenters. The normalized spacial score (nSPS) is 19.1. The molecule has 0 spiro atoms. The molecular formula is C18H22N2O. The molecule has 0 aliphatic carbocycles. The van der Waals surface area contributed by atoms with Gasteiger partial charge in [0, 0.05) is 24.3 Å². The Bertz CT molecular complexity index is 570. The van der Waals surface area contributed by atoms with Crippen LogP contribution >= 0.6 is 0 Å². The number of rotatable bonds is 3. The zero-order valence-corrected chi connectivity index (χ0v) is 12.5. The molecule has 0 amide bonds. The largest absolute Gasteiger partial charge is 0.496 e. The number of para-hydroxylation sites is 2. The van der Waals surface area contributed by atoms with Crippen LogP contribution in [-0.4, -0.2) is 26.7 Å². The summed E-state index contributed by atoms with van der Waals surface area (Å²) in [6, 6.07) is 19.4. The van der Waals surface area contributed by atoms with Gasteiger partial charge < -0.3 is 15.0 Å². The molecule has 0 saturated carbocycles. The van der Waals surface area contributed by atoms with Crippen LogP contribution in [0.3, 0.4) is 0 Å². The molecule has 3 rings (SSSR count). The van der Waals surface area contributed by atoms with Crippen molar-refractivity contribution in [3.63, 3.8) is 0 Å². The molecule has 110 valence electrons. The van der Waals surface area contributed by atoms with Crippen LogP contribution in [0.2, 0.25) is 0 Å². The van der Waals surface area contributed by atoms with Gasteiger partial charge in [-0.25, -0.2) is 0 Å². The first kappa shape index (κ1) is 14.0. The highest BCUT2D eigenvalue weighted by atomic mass is 16.5. The zero-order valence-electron chi connectivity index (χ0n) is 12.5. The molecule has 2 aromatic rings. The third-order valence-corrected chi connectivity index (χ3v) is 4.09. The van der Waals surface area contributed by atoms with Gasteiger partial charge in [0.2, 0.25) is 0 Å². The summed E-state index contributed by atoms with van der Waals surface area (Å²) in [5, 5.41) is 3.50. The van der Waals surface area contributed by atoms with Crippen LogP contribution in [0.25, 0.3) is 0 Å². The quantitative estimate of drug-likeness (QED) is 0.935. The molecule has 3 heteroatoms. The van der Waals surface area contributed by atoms with E-state index >= 15 is 0 Å². The molecule has 1 aliphatic heterocycles. The molecule has 21 heavy (non-hydrogen) atoms. The first-order valence-electron chi connectivity index (χ1n) is 7.55. The summed E-state index contributed by atoms with van der Waals surface area (Å²) >= 11 is 0. The Morgan fingerprint density at radius 1 is 1.00 bits per heavy atom. The number of ether oxygens (including phenoxy) is 1. The van der Waals surface area contributed by atoms with Gasteiger partial charge in [-0.05, 0) is 31.2 Å². The molecule has 1 N–H and O–H groups in total. The van der Waals surface area contributed by atoms with Crippen molar-refractivity contribution < 1.29 is 4.74 Å². The molecule has 1 aliphatic rings. The lowest BCUT2D eigenvalue weighted by Crippen LogP contribution is -2.30. The molecule has 0 bridgehead atoms. The molecular weight excluding hydrogens is 260 g/mol. The van der Waals surface area contributed by atoms with Gasteiger partial charge in [0.25, 0.3) is 0 Å². The highest BCUT2D eigenvalue weighted by molar-refractivity contribution is 5.51. The number of nitrogens with zero attached hydrogens (tertiary/aromatic N) is 1. The molecule has 1 saturated heterocycles. The van der Waals surface area contributed by atoms with Crippen LogP contribution in [-0.2, 0) is 0 Å². The topological polar surface area (TPSA) is 24.5 Å². The average molecular weight is 282 g/mol. The highest BCUT2D eigenvalue weighted by Gasteiger charge is 2.25. The summed E-state index contributed by atoms with van der Waals surface area (Å²) < 4.78 is 5.58. The second kappa shape index (κ2) is 6.64. The van der Waals surface area contributed by atoms with Crippen LogP contribution in [0, 0.1) is 0 Å². The summed E-state index contributed by atoms with van der Waals surface area (Å²) in [7, 11) is 1.75. The molecule has 3 nitrogen and oxygen atoms in total. The van der Waals surface area contributed by atoms with Gasteiger partial charge >= 0.3 is 0 Å². The number of hydrogen-bond donors (Lipinski definition) is 1. The maximum atomic E-state index is 5.58. The Morgan fingerprint density at radius 3 is 2.57 bits per heavy atom. The third-order valence-electron chi connectivity index (χ3n) is 4.09. The van der Waals surface area contributed by atoms with Gasteiger partial charge in [0.1, 0.15) is 5.75 Å². The third kappa shape index (κ3) is 3.03. The lowest BCUT2D eigenvalue weighted by molar-refractivity contribution is 0.403. The van der Waals surface area contributed by atoms with Crippen molar-refractivity contribution in [2.75, 3.05) is 31.6 Å². The van der Waals surface area contributed by atoms with Crippen LogP contribution in [0.1, 0.15) is 18.0 Å². The molecule has 0 radical (unpaired) electrons. The van der Waals surface area contributed by atoms with Gasteiger partial charge in [0.15, 0.2) is 0 Å². The van der Waals surface area contributed by atoms with E-state index in [0.29, 0.717) is 6.04 Å². The van der Waals surface area contributed by atoms with E-state index in [9.17, 15) is 0 Å². The number of hydrogen-bond acceptors (Lipinski definition) is 3. The van der Waals surface area contributed by atoms with Crippen molar-refractivity contribution in [3.8, 4) is 5.75 Å². The Hall–Kier alpha value is -2.00. The van der Waals surface area contributed by atoms with Crippen molar-refractivity contribution in [3.05, 3.63) is 60.2 Å². The van der Waals surface area contributed by atoms with E-state index in [-0.39, 0.29) is 0 Å². The van der Waals surface area contributed by atoms with Gasteiger partial charge in [-0.2, -0.15) is 0 Å². The smallest absolute Gasteiger partial charge is 0.124 e. The number of benzene rings is 2. The second-order valence-electron chi connectivity index (χ2n) is 5.33. The van der Waals surface area contributed by atoms with Crippen molar-refractivity contribution >= 4 is 5.69 Å². The first-order chi connectivity index (χ1) is 10.4. The van der Waals surface area contributed by atoms with Crippen LogP contribution in [0.15, 0.2) is 54.6 Å². The van der Waals surface area contributed by atoms with E-state index in [4.69, 9.17) is 4.74 Å². The SMILES string of the molecule is COc1ccccc1[C@H]1CCNCCN1c1ccccc1. The number of nitrogens with one attached hydrogen (secondary N) is 1. The summed E-state index contributed by atoms with van der Waals surface area (Å²) in [6.07, 6.45) is 1.08. The van der Waals surface area contributed by atoms with E-state index < -0.39 is 0 Å². The molecule has 1 heterocycles. The molecule has 0 unspecified atom stereocenters. The van der Waals surface area contributed by atoms with Gasteiger partial charge in [0.05, 0.1) is 13.2 Å². The Morgan fingerprint density at radius 2 is 1.76 bits per heavy atom. The summed E-state index contributed by atoms with van der Waals surface area (Å²) in [6.45, 7) is 3.05. The summed E-state index contributed by atoms with van der Waals surface area (Å²) in [4.78, 5) is 2.48. The second-order valence-corrected chi connectivity index (χ2v) is 5.33. The average Bonchev–Trinajstić information content (AvgIpc) is 2.81. The van der Waals surface area contributed by atoms with Crippen molar-refractivity contribution in [1.82, 2.24) is 5.32 Å². The maximum absolute atomic E-state index is 5.58. The minimum atomic E-state index is 0.346. The summed E-state index contributed by atoms with van der Waals surface area (Å²) in [5.41, 5.74) is 2.55. The van der Waals surface area contributed by atoms with Crippen molar-refractivity contribution in [2.24, 2.45) is 0 Å². The Balaban J connectivity index is 1.99. The van der Waals surface area contributed by atoms with Crippen molar-refractivity contribution in [1.29, 1.82) is 0 Å². The molecule has 2 aromatic carbocycles. The van der Waals surface area contributed by atoms with Crippen LogP contribution in [0.5, 0.6) is 5.75 Å². The lowest BCUT2D eigenvalue weighted by Gasteiger charge is -2.33. The Labute approximate surface area is 126 Å². The standard InChI is InChI=1S/C18H22N2O/c1-21-18-10-6-5-9-16(18)17-11-12-19-13-14-20(17)15-7-3-2-4-8-15/h2-10,17,19H,11-14H2,1H3/t17-/m1/s1. The maximum Gasteiger partial charge on any atom is 0.124 e. The van der Waals surface area contributed by atoms with Gasteiger partial charge in [-0.15, -0.1) is 0 Å². The monoisotopic (exact) mass is 282 g/mol. The number of anilines is 1. The fourth-order valence-corrected chi connectivity index (χ4v) is 3.07. The fraction of sp³-hybridized carbons (Fsp3) is 0.333. The predicted molar refractivity (Wildman–Crippen MR) is 87.0 cm³/mol. The van der Waals surface area contributed by atoms with Crippen LogP contribution < -0.4 is 15.0 Å². The predicted octanol–water partition coefficient (Wildman–Crippen LogP) is 3.24. The minimum Gasteiger partial charge on any atom is -0.496 e. The fourth-order valence-electron chi connectivity index (χ4n) is 3.07. The van der Waals surface area contributed by atoms with E-state index in [1.54, 1.807) is 7.11 Å². The Kier molecular flexibility index (Phi) is 4.41. The molecule has 1 fully saturated rings. The van der Waals surface area contributed by atoms with Crippen LogP contribution in [0.4, 0.5) is 5.69 Å². The minimum absolute atomic E-state index is 0.346. The van der Waals surface area contributed by atoms with E-state index in [0.717, 1.165) is 31.8 Å². The lowest BCUT2D eigenvalue weighted by atomic mass is 10.0. The van der Waals surface area contributed by atoms with Crippen molar-refractivity contribution in [2.45, 2.75) is 12.5 Å². The zero-order chi connectivity index (χ0) is 14.5. The summed E-state index contributed by atoms with van der Waals surface area (Å²) in [5.74, 6) is 0.977.